The zero-order valence-corrected chi connectivity index (χ0v) is 13.7. The number of benzene rings is 2. The van der Waals surface area contributed by atoms with E-state index in [4.69, 9.17) is 9.47 Å². The number of methoxy groups -OCH3 is 1. The molecule has 0 spiro atoms. The van der Waals surface area contributed by atoms with Crippen molar-refractivity contribution in [3.8, 4) is 11.5 Å². The quantitative estimate of drug-likeness (QED) is 0.787. The first-order valence-electron chi connectivity index (χ1n) is 6.95. The Kier molecular flexibility index (Phi) is 5.57. The number of sulfonamides is 1. The van der Waals surface area contributed by atoms with Crippen LogP contribution in [-0.2, 0) is 10.0 Å². The van der Waals surface area contributed by atoms with Crippen molar-refractivity contribution in [2.75, 3.05) is 20.3 Å². The maximum Gasteiger partial charge on any atom is 0.240 e. The highest BCUT2D eigenvalue weighted by Crippen LogP contribution is 2.20. The molecule has 0 atom stereocenters. The first-order valence-corrected chi connectivity index (χ1v) is 8.44. The summed E-state index contributed by atoms with van der Waals surface area (Å²) in [4.78, 5) is -0.160. The normalized spacial score (nSPS) is 11.3. The van der Waals surface area contributed by atoms with Crippen LogP contribution in [0.25, 0.3) is 0 Å². The van der Waals surface area contributed by atoms with Crippen LogP contribution >= 0.6 is 0 Å². The molecule has 0 aliphatic rings. The summed E-state index contributed by atoms with van der Waals surface area (Å²) in [5.41, 5.74) is 0.965. The van der Waals surface area contributed by atoms with Crippen LogP contribution in [0.1, 0.15) is 5.56 Å². The molecule has 0 fully saturated rings. The van der Waals surface area contributed by atoms with E-state index in [0.29, 0.717) is 5.75 Å². The van der Waals surface area contributed by atoms with Gasteiger partial charge in [0.25, 0.3) is 0 Å². The average Bonchev–Trinajstić information content (AvgIpc) is 2.53. The summed E-state index contributed by atoms with van der Waals surface area (Å²) in [5.74, 6) is -0.0411. The van der Waals surface area contributed by atoms with Gasteiger partial charge in [-0.2, -0.15) is 0 Å². The molecular weight excluding hydrogens is 321 g/mol. The Labute approximate surface area is 135 Å². The second kappa shape index (κ2) is 7.43. The van der Waals surface area contributed by atoms with Gasteiger partial charge in [-0.05, 0) is 36.8 Å². The minimum absolute atomic E-state index is 0.00756. The molecule has 0 aliphatic carbocycles. The van der Waals surface area contributed by atoms with E-state index in [0.717, 1.165) is 11.6 Å². The third kappa shape index (κ3) is 4.43. The van der Waals surface area contributed by atoms with Gasteiger partial charge in [-0.3, -0.25) is 0 Å². The summed E-state index contributed by atoms with van der Waals surface area (Å²) in [6.07, 6.45) is 0. The lowest BCUT2D eigenvalue weighted by molar-refractivity contribution is 0.320. The van der Waals surface area contributed by atoms with Crippen LogP contribution in [-0.4, -0.2) is 28.7 Å². The Morgan fingerprint density at radius 2 is 1.87 bits per heavy atom. The standard InChI is InChI=1S/C16H18FNO4S/c1-12-5-3-4-6-15(12)22-10-9-18-23(19,20)13-7-8-16(21-2)14(17)11-13/h3-8,11,18H,9-10H2,1-2H3. The van der Waals surface area contributed by atoms with Crippen molar-refractivity contribution < 1.29 is 22.3 Å². The average molecular weight is 339 g/mol. The predicted octanol–water partition coefficient (Wildman–Crippen LogP) is 2.50. The molecule has 0 heterocycles. The fourth-order valence-electron chi connectivity index (χ4n) is 1.95. The van der Waals surface area contributed by atoms with Gasteiger partial charge in [-0.1, -0.05) is 18.2 Å². The first kappa shape index (κ1) is 17.2. The molecule has 1 N–H and O–H groups in total. The van der Waals surface area contributed by atoms with Gasteiger partial charge in [0.05, 0.1) is 12.0 Å². The molecule has 0 aliphatic heterocycles. The lowest BCUT2D eigenvalue weighted by Gasteiger charge is -2.10. The van der Waals surface area contributed by atoms with Crippen molar-refractivity contribution in [2.45, 2.75) is 11.8 Å². The van der Waals surface area contributed by atoms with Crippen molar-refractivity contribution in [1.29, 1.82) is 0 Å². The third-order valence-electron chi connectivity index (χ3n) is 3.18. The minimum atomic E-state index is -3.80. The molecule has 0 saturated heterocycles. The van der Waals surface area contributed by atoms with Gasteiger partial charge in [0.2, 0.25) is 10.0 Å². The zero-order valence-electron chi connectivity index (χ0n) is 12.9. The third-order valence-corrected chi connectivity index (χ3v) is 4.64. The van der Waals surface area contributed by atoms with E-state index in [2.05, 4.69) is 4.72 Å². The van der Waals surface area contributed by atoms with E-state index in [9.17, 15) is 12.8 Å². The van der Waals surface area contributed by atoms with Crippen LogP contribution in [0.2, 0.25) is 0 Å². The van der Waals surface area contributed by atoms with E-state index < -0.39 is 15.8 Å². The zero-order chi connectivity index (χ0) is 16.9. The Balaban J connectivity index is 1.94. The number of aryl methyl sites for hydroxylation is 1. The summed E-state index contributed by atoms with van der Waals surface area (Å²) >= 11 is 0. The highest BCUT2D eigenvalue weighted by Gasteiger charge is 2.16. The smallest absolute Gasteiger partial charge is 0.240 e. The van der Waals surface area contributed by atoms with Crippen LogP contribution in [0.5, 0.6) is 11.5 Å². The fourth-order valence-corrected chi connectivity index (χ4v) is 2.98. The summed E-state index contributed by atoms with van der Waals surface area (Å²) in [7, 11) is -2.48. The molecule has 0 radical (unpaired) electrons. The van der Waals surface area contributed by atoms with E-state index in [-0.39, 0.29) is 23.8 Å². The topological polar surface area (TPSA) is 64.6 Å². The van der Waals surface area contributed by atoms with Crippen LogP contribution in [0.4, 0.5) is 4.39 Å². The monoisotopic (exact) mass is 339 g/mol. The Morgan fingerprint density at radius 1 is 1.13 bits per heavy atom. The summed E-state index contributed by atoms with van der Waals surface area (Å²) in [5, 5.41) is 0. The molecule has 5 nitrogen and oxygen atoms in total. The Hall–Kier alpha value is -2.12. The largest absolute Gasteiger partial charge is 0.494 e. The highest BCUT2D eigenvalue weighted by molar-refractivity contribution is 7.89. The molecule has 2 rings (SSSR count). The number of nitrogens with one attached hydrogen (secondary N) is 1. The number of rotatable bonds is 7. The van der Waals surface area contributed by atoms with Crippen LogP contribution < -0.4 is 14.2 Å². The van der Waals surface area contributed by atoms with Gasteiger partial charge < -0.3 is 9.47 Å². The molecule has 2 aromatic carbocycles. The number of para-hydroxylation sites is 1. The summed E-state index contributed by atoms with van der Waals surface area (Å²) in [6.45, 7) is 2.15. The van der Waals surface area contributed by atoms with E-state index in [1.807, 2.05) is 31.2 Å². The van der Waals surface area contributed by atoms with Gasteiger partial charge in [0.1, 0.15) is 12.4 Å². The molecule has 0 aromatic heterocycles. The molecule has 0 unspecified atom stereocenters. The highest BCUT2D eigenvalue weighted by atomic mass is 32.2. The SMILES string of the molecule is COc1ccc(S(=O)(=O)NCCOc2ccccc2C)cc1F. The summed E-state index contributed by atoms with van der Waals surface area (Å²) < 4.78 is 50.4. The molecule has 2 aromatic rings. The predicted molar refractivity (Wildman–Crippen MR) is 84.8 cm³/mol. The lowest BCUT2D eigenvalue weighted by atomic mass is 10.2. The van der Waals surface area contributed by atoms with E-state index in [1.54, 1.807) is 0 Å². The van der Waals surface area contributed by atoms with E-state index in [1.165, 1.54) is 19.2 Å². The number of halogens is 1. The summed E-state index contributed by atoms with van der Waals surface area (Å²) in [6, 6.07) is 10.9. The molecule has 124 valence electrons. The van der Waals surface area contributed by atoms with Crippen molar-refractivity contribution in [1.82, 2.24) is 4.72 Å². The Morgan fingerprint density at radius 3 is 2.52 bits per heavy atom. The van der Waals surface area contributed by atoms with Gasteiger partial charge in [-0.25, -0.2) is 17.5 Å². The fraction of sp³-hybridized carbons (Fsp3) is 0.250. The van der Waals surface area contributed by atoms with Crippen LogP contribution in [0.3, 0.4) is 0 Å². The molecule has 23 heavy (non-hydrogen) atoms. The van der Waals surface area contributed by atoms with Gasteiger partial charge >= 0.3 is 0 Å². The van der Waals surface area contributed by atoms with Crippen molar-refractivity contribution >= 4 is 10.0 Å². The van der Waals surface area contributed by atoms with Gasteiger partial charge in [0.15, 0.2) is 11.6 Å². The number of hydrogen-bond acceptors (Lipinski definition) is 4. The van der Waals surface area contributed by atoms with Crippen LogP contribution in [0.15, 0.2) is 47.4 Å². The molecule has 0 bridgehead atoms. The van der Waals surface area contributed by atoms with E-state index >= 15 is 0 Å². The second-order valence-corrected chi connectivity index (χ2v) is 6.58. The maximum absolute atomic E-state index is 13.6. The molecular formula is C16H18FNO4S. The molecule has 0 amide bonds. The van der Waals surface area contributed by atoms with Crippen molar-refractivity contribution in [3.05, 3.63) is 53.8 Å². The van der Waals surface area contributed by atoms with Crippen LogP contribution in [0, 0.1) is 12.7 Å². The van der Waals surface area contributed by atoms with Crippen molar-refractivity contribution in [3.63, 3.8) is 0 Å². The Bertz CT molecular complexity index is 777. The van der Waals surface area contributed by atoms with Gasteiger partial charge in [-0.15, -0.1) is 0 Å². The van der Waals surface area contributed by atoms with Gasteiger partial charge in [0, 0.05) is 6.54 Å². The minimum Gasteiger partial charge on any atom is -0.494 e. The number of hydrogen-bond donors (Lipinski definition) is 1. The lowest BCUT2D eigenvalue weighted by Crippen LogP contribution is -2.28. The number of ether oxygens (including phenoxy) is 2. The molecule has 7 heteroatoms. The maximum atomic E-state index is 13.6. The first-order chi connectivity index (χ1) is 10.9. The van der Waals surface area contributed by atoms with Crippen molar-refractivity contribution in [2.24, 2.45) is 0 Å². The second-order valence-electron chi connectivity index (χ2n) is 4.81. The molecule has 0 saturated carbocycles.